The van der Waals surface area contributed by atoms with Crippen molar-refractivity contribution in [2.24, 2.45) is 5.92 Å². The molecule has 2 atom stereocenters. The van der Waals surface area contributed by atoms with Gasteiger partial charge in [-0.1, -0.05) is 6.92 Å². The number of ether oxygens (including phenoxy) is 1. The first kappa shape index (κ1) is 15.7. The highest BCUT2D eigenvalue weighted by atomic mass is 35.5. The van der Waals surface area contributed by atoms with Crippen LogP contribution in [0.3, 0.4) is 0 Å². The van der Waals surface area contributed by atoms with E-state index in [1.54, 1.807) is 0 Å². The Morgan fingerprint density at radius 1 is 1.33 bits per heavy atom. The Labute approximate surface area is 115 Å². The van der Waals surface area contributed by atoms with Crippen LogP contribution in [-0.4, -0.2) is 74.7 Å². The lowest BCUT2D eigenvalue weighted by Crippen LogP contribution is -2.47. The van der Waals surface area contributed by atoms with Crippen LogP contribution in [0.5, 0.6) is 0 Å². The molecule has 2 aliphatic heterocycles. The van der Waals surface area contributed by atoms with Gasteiger partial charge in [0.15, 0.2) is 0 Å². The Hall–Kier alpha value is -0.360. The second-order valence-corrected chi connectivity index (χ2v) is 5.02. The van der Waals surface area contributed by atoms with E-state index in [0.717, 1.165) is 39.4 Å². The zero-order chi connectivity index (χ0) is 12.3. The topological polar surface area (TPSA) is 44.8 Å². The van der Waals surface area contributed by atoms with E-state index < -0.39 is 0 Å². The van der Waals surface area contributed by atoms with E-state index in [1.807, 2.05) is 11.9 Å². The molecule has 1 amide bonds. The number of nitrogens with one attached hydrogen (secondary N) is 1. The number of likely N-dealkylation sites (N-methyl/N-ethyl adjacent to an activating group) is 1. The summed E-state index contributed by atoms with van der Waals surface area (Å²) in [5.41, 5.74) is 0. The Morgan fingerprint density at radius 3 is 2.61 bits per heavy atom. The second-order valence-electron chi connectivity index (χ2n) is 5.02. The summed E-state index contributed by atoms with van der Waals surface area (Å²) >= 11 is 0. The average molecular weight is 278 g/mol. The normalized spacial score (nSPS) is 29.1. The SMILES string of the molecule is CNCC(=O)N1CC(C)C(N2CCOCC2)C1.Cl. The molecule has 0 saturated carbocycles. The fourth-order valence-corrected chi connectivity index (χ4v) is 2.80. The standard InChI is InChI=1S/C12H23N3O2.ClH/c1-10-8-15(12(16)7-13-2)9-11(10)14-3-5-17-6-4-14;/h10-11,13H,3-9H2,1-2H3;1H. The van der Waals surface area contributed by atoms with Crippen molar-refractivity contribution >= 4 is 18.3 Å². The predicted octanol–water partition coefficient (Wildman–Crippen LogP) is -0.193. The molecule has 18 heavy (non-hydrogen) atoms. The predicted molar refractivity (Wildman–Crippen MR) is 73.1 cm³/mol. The lowest BCUT2D eigenvalue weighted by Gasteiger charge is -2.33. The summed E-state index contributed by atoms with van der Waals surface area (Å²) < 4.78 is 5.38. The Bertz CT molecular complexity index is 272. The van der Waals surface area contributed by atoms with E-state index in [0.29, 0.717) is 18.5 Å². The number of carbonyl (C=O) groups excluding carboxylic acids is 1. The minimum Gasteiger partial charge on any atom is -0.379 e. The number of nitrogens with zero attached hydrogens (tertiary/aromatic N) is 2. The van der Waals surface area contributed by atoms with Crippen molar-refractivity contribution in [3.8, 4) is 0 Å². The van der Waals surface area contributed by atoms with Gasteiger partial charge in [0.1, 0.15) is 0 Å². The van der Waals surface area contributed by atoms with Gasteiger partial charge in [-0.25, -0.2) is 0 Å². The molecule has 2 aliphatic rings. The van der Waals surface area contributed by atoms with Crippen molar-refractivity contribution in [3.63, 3.8) is 0 Å². The molecule has 6 heteroatoms. The number of hydrogen-bond donors (Lipinski definition) is 1. The molecule has 0 aromatic carbocycles. The van der Waals surface area contributed by atoms with Crippen molar-refractivity contribution in [1.82, 2.24) is 15.1 Å². The minimum atomic E-state index is 0. The largest absolute Gasteiger partial charge is 0.379 e. The fraction of sp³-hybridized carbons (Fsp3) is 0.917. The van der Waals surface area contributed by atoms with Crippen LogP contribution in [0.25, 0.3) is 0 Å². The summed E-state index contributed by atoms with van der Waals surface area (Å²) in [6, 6.07) is 0.514. The molecule has 106 valence electrons. The van der Waals surface area contributed by atoms with Crippen molar-refractivity contribution in [2.75, 3.05) is 53.0 Å². The summed E-state index contributed by atoms with van der Waals surface area (Å²) in [5, 5.41) is 2.93. The van der Waals surface area contributed by atoms with Crippen molar-refractivity contribution < 1.29 is 9.53 Å². The summed E-state index contributed by atoms with van der Waals surface area (Å²) in [5.74, 6) is 0.781. The van der Waals surface area contributed by atoms with Crippen molar-refractivity contribution in [3.05, 3.63) is 0 Å². The van der Waals surface area contributed by atoms with Crippen LogP contribution < -0.4 is 5.32 Å². The Kier molecular flexibility index (Phi) is 6.35. The van der Waals surface area contributed by atoms with E-state index in [9.17, 15) is 4.79 Å². The molecule has 5 nitrogen and oxygen atoms in total. The monoisotopic (exact) mass is 277 g/mol. The first-order valence-corrected chi connectivity index (χ1v) is 6.46. The molecule has 0 aromatic rings. The third kappa shape index (κ3) is 3.57. The van der Waals surface area contributed by atoms with Crippen LogP contribution in [0.1, 0.15) is 6.92 Å². The molecular weight excluding hydrogens is 254 g/mol. The summed E-state index contributed by atoms with van der Waals surface area (Å²) in [6.45, 7) is 8.12. The zero-order valence-corrected chi connectivity index (χ0v) is 12.0. The highest BCUT2D eigenvalue weighted by molar-refractivity contribution is 5.85. The van der Waals surface area contributed by atoms with Crippen LogP contribution >= 0.6 is 12.4 Å². The molecule has 2 heterocycles. The molecule has 2 saturated heterocycles. The van der Waals surface area contributed by atoms with E-state index >= 15 is 0 Å². The lowest BCUT2D eigenvalue weighted by atomic mass is 10.0. The third-order valence-corrected chi connectivity index (χ3v) is 3.77. The van der Waals surface area contributed by atoms with Crippen molar-refractivity contribution in [2.45, 2.75) is 13.0 Å². The fourth-order valence-electron chi connectivity index (χ4n) is 2.80. The molecular formula is C12H24ClN3O2. The molecule has 0 aromatic heterocycles. The summed E-state index contributed by atoms with van der Waals surface area (Å²) in [6.07, 6.45) is 0. The third-order valence-electron chi connectivity index (χ3n) is 3.77. The van der Waals surface area contributed by atoms with Crippen LogP contribution in [0.4, 0.5) is 0 Å². The van der Waals surface area contributed by atoms with E-state index in [1.165, 1.54) is 0 Å². The van der Waals surface area contributed by atoms with Gasteiger partial charge < -0.3 is 15.0 Å². The molecule has 0 spiro atoms. The highest BCUT2D eigenvalue weighted by Crippen LogP contribution is 2.22. The molecule has 0 radical (unpaired) electrons. The van der Waals surface area contributed by atoms with Gasteiger partial charge in [0.25, 0.3) is 0 Å². The van der Waals surface area contributed by atoms with Crippen LogP contribution in [-0.2, 0) is 9.53 Å². The molecule has 2 unspecified atom stereocenters. The smallest absolute Gasteiger partial charge is 0.236 e. The molecule has 2 fully saturated rings. The van der Waals surface area contributed by atoms with Crippen LogP contribution in [0.15, 0.2) is 0 Å². The maximum Gasteiger partial charge on any atom is 0.236 e. The highest BCUT2D eigenvalue weighted by Gasteiger charge is 2.36. The number of rotatable bonds is 3. The van der Waals surface area contributed by atoms with Gasteiger partial charge in [0.05, 0.1) is 19.8 Å². The zero-order valence-electron chi connectivity index (χ0n) is 11.2. The lowest BCUT2D eigenvalue weighted by molar-refractivity contribution is -0.129. The van der Waals surface area contributed by atoms with Gasteiger partial charge in [-0.05, 0) is 13.0 Å². The first-order chi connectivity index (χ1) is 8.22. The second kappa shape index (κ2) is 7.28. The van der Waals surface area contributed by atoms with Gasteiger partial charge >= 0.3 is 0 Å². The maximum atomic E-state index is 11.8. The maximum absolute atomic E-state index is 11.8. The van der Waals surface area contributed by atoms with Gasteiger partial charge in [-0.3, -0.25) is 9.69 Å². The molecule has 0 aliphatic carbocycles. The van der Waals surface area contributed by atoms with E-state index in [4.69, 9.17) is 4.74 Å². The van der Waals surface area contributed by atoms with Gasteiger partial charge in [0.2, 0.25) is 5.91 Å². The number of carbonyl (C=O) groups is 1. The van der Waals surface area contributed by atoms with Crippen LogP contribution in [0, 0.1) is 5.92 Å². The summed E-state index contributed by atoms with van der Waals surface area (Å²) in [7, 11) is 1.82. The van der Waals surface area contributed by atoms with Crippen LogP contribution in [0.2, 0.25) is 0 Å². The molecule has 1 N–H and O–H groups in total. The van der Waals surface area contributed by atoms with Gasteiger partial charge in [-0.15, -0.1) is 12.4 Å². The van der Waals surface area contributed by atoms with Gasteiger partial charge in [0, 0.05) is 32.2 Å². The number of morpholine rings is 1. The number of likely N-dealkylation sites (tertiary alicyclic amines) is 1. The number of amides is 1. The summed E-state index contributed by atoms with van der Waals surface area (Å²) in [4.78, 5) is 16.3. The minimum absolute atomic E-state index is 0. The Morgan fingerprint density at radius 2 is 2.00 bits per heavy atom. The molecule has 0 bridgehead atoms. The van der Waals surface area contributed by atoms with Crippen molar-refractivity contribution in [1.29, 1.82) is 0 Å². The van der Waals surface area contributed by atoms with E-state index in [2.05, 4.69) is 17.1 Å². The average Bonchev–Trinajstić information content (AvgIpc) is 2.73. The Balaban J connectivity index is 0.00000162. The first-order valence-electron chi connectivity index (χ1n) is 6.46. The van der Waals surface area contributed by atoms with Gasteiger partial charge in [-0.2, -0.15) is 0 Å². The molecule has 2 rings (SSSR count). The quantitative estimate of drug-likeness (QED) is 0.777. The number of hydrogen-bond acceptors (Lipinski definition) is 4. The number of halogens is 1. The van der Waals surface area contributed by atoms with E-state index in [-0.39, 0.29) is 18.3 Å².